The van der Waals surface area contributed by atoms with Gasteiger partial charge in [-0.15, -0.1) is 0 Å². The largest absolute Gasteiger partial charge is 0.493 e. The summed E-state index contributed by atoms with van der Waals surface area (Å²) in [5.74, 6) is 0.858. The van der Waals surface area contributed by atoms with Crippen LogP contribution < -0.4 is 4.74 Å². The van der Waals surface area contributed by atoms with Gasteiger partial charge in [0.1, 0.15) is 5.75 Å². The van der Waals surface area contributed by atoms with Crippen LogP contribution in [0.3, 0.4) is 0 Å². The van der Waals surface area contributed by atoms with Gasteiger partial charge in [0.05, 0.1) is 12.7 Å². The molecular weight excluding hydrogens is 248 g/mol. The summed E-state index contributed by atoms with van der Waals surface area (Å²) in [5.41, 5.74) is 2.28. The molecule has 0 aromatic heterocycles. The molecule has 0 saturated heterocycles. The minimum atomic E-state index is -0.187. The van der Waals surface area contributed by atoms with Crippen LogP contribution in [-0.2, 0) is 11.2 Å². The molecule has 0 aliphatic heterocycles. The van der Waals surface area contributed by atoms with Crippen molar-refractivity contribution in [3.63, 3.8) is 0 Å². The normalized spacial score (nSPS) is 12.1. The van der Waals surface area contributed by atoms with E-state index >= 15 is 0 Å². The van der Waals surface area contributed by atoms with Gasteiger partial charge >= 0.3 is 0 Å². The third-order valence-corrected chi connectivity index (χ3v) is 3.12. The van der Waals surface area contributed by atoms with Crippen molar-refractivity contribution >= 4 is 0 Å². The van der Waals surface area contributed by atoms with Gasteiger partial charge < -0.3 is 9.47 Å². The Morgan fingerprint density at radius 3 is 2.45 bits per heavy atom. The highest BCUT2D eigenvalue weighted by atomic mass is 16.5. The SMILES string of the molecule is [CH2][C@H](OCC)c1ccccc1OCCc1ccccc1. The van der Waals surface area contributed by atoms with Crippen LogP contribution in [0.4, 0.5) is 0 Å². The van der Waals surface area contributed by atoms with Crippen LogP contribution in [-0.4, -0.2) is 13.2 Å². The molecule has 0 fully saturated rings. The molecule has 1 atom stereocenters. The highest BCUT2D eigenvalue weighted by Crippen LogP contribution is 2.27. The van der Waals surface area contributed by atoms with Crippen LogP contribution in [0, 0.1) is 6.92 Å². The molecule has 0 amide bonds. The van der Waals surface area contributed by atoms with Crippen LogP contribution in [0.1, 0.15) is 24.2 Å². The first-order valence-corrected chi connectivity index (χ1v) is 7.01. The lowest BCUT2D eigenvalue weighted by Gasteiger charge is -2.16. The lowest BCUT2D eigenvalue weighted by molar-refractivity contribution is 0.0922. The van der Waals surface area contributed by atoms with Crippen LogP contribution in [0.5, 0.6) is 5.75 Å². The molecular formula is C18H21O2. The highest BCUT2D eigenvalue weighted by molar-refractivity contribution is 5.35. The predicted molar refractivity (Wildman–Crippen MR) is 81.8 cm³/mol. The third-order valence-electron chi connectivity index (χ3n) is 3.12. The summed E-state index contributed by atoms with van der Waals surface area (Å²) in [6, 6.07) is 18.3. The Morgan fingerprint density at radius 2 is 1.70 bits per heavy atom. The van der Waals surface area contributed by atoms with E-state index in [0.29, 0.717) is 13.2 Å². The van der Waals surface area contributed by atoms with Crippen molar-refractivity contribution in [3.05, 3.63) is 72.6 Å². The number of ether oxygens (including phenoxy) is 2. The fourth-order valence-corrected chi connectivity index (χ4v) is 2.09. The quantitative estimate of drug-likeness (QED) is 0.749. The maximum Gasteiger partial charge on any atom is 0.125 e. The summed E-state index contributed by atoms with van der Waals surface area (Å²) in [4.78, 5) is 0. The van der Waals surface area contributed by atoms with Crippen molar-refractivity contribution in [1.82, 2.24) is 0 Å². The predicted octanol–water partition coefficient (Wildman–Crippen LogP) is 4.22. The zero-order valence-electron chi connectivity index (χ0n) is 11.9. The smallest absolute Gasteiger partial charge is 0.125 e. The molecule has 2 heteroatoms. The molecule has 0 heterocycles. The maximum absolute atomic E-state index is 5.89. The van der Waals surface area contributed by atoms with Gasteiger partial charge in [0.15, 0.2) is 0 Å². The van der Waals surface area contributed by atoms with Crippen LogP contribution in [0.25, 0.3) is 0 Å². The Hall–Kier alpha value is -1.80. The topological polar surface area (TPSA) is 18.5 Å². The molecule has 0 saturated carbocycles. The summed E-state index contributed by atoms with van der Waals surface area (Å²) < 4.78 is 11.4. The first-order chi connectivity index (χ1) is 9.81. The van der Waals surface area contributed by atoms with E-state index in [1.165, 1.54) is 5.56 Å². The van der Waals surface area contributed by atoms with Gasteiger partial charge in [-0.1, -0.05) is 48.5 Å². The number of para-hydroxylation sites is 1. The Balaban J connectivity index is 1.95. The second kappa shape index (κ2) is 7.71. The van der Waals surface area contributed by atoms with Crippen molar-refractivity contribution in [1.29, 1.82) is 0 Å². The van der Waals surface area contributed by atoms with E-state index in [1.807, 2.05) is 49.4 Å². The Morgan fingerprint density at radius 1 is 1.00 bits per heavy atom. The molecule has 2 aromatic rings. The van der Waals surface area contributed by atoms with Crippen molar-refractivity contribution in [3.8, 4) is 5.75 Å². The number of benzene rings is 2. The molecule has 2 rings (SSSR count). The van der Waals surface area contributed by atoms with Crippen molar-refractivity contribution in [2.45, 2.75) is 19.4 Å². The molecule has 0 bridgehead atoms. The number of hydrogen-bond acceptors (Lipinski definition) is 2. The fraction of sp³-hybridized carbons (Fsp3) is 0.278. The van der Waals surface area contributed by atoms with E-state index < -0.39 is 0 Å². The first-order valence-electron chi connectivity index (χ1n) is 7.01. The van der Waals surface area contributed by atoms with E-state index in [4.69, 9.17) is 9.47 Å². The summed E-state index contributed by atoms with van der Waals surface area (Å²) in [7, 11) is 0. The van der Waals surface area contributed by atoms with E-state index in [0.717, 1.165) is 17.7 Å². The van der Waals surface area contributed by atoms with Gasteiger partial charge in [-0.25, -0.2) is 0 Å². The van der Waals surface area contributed by atoms with Crippen molar-refractivity contribution in [2.24, 2.45) is 0 Å². The average Bonchev–Trinajstić information content (AvgIpc) is 2.49. The van der Waals surface area contributed by atoms with Gasteiger partial charge in [0.25, 0.3) is 0 Å². The van der Waals surface area contributed by atoms with E-state index in [9.17, 15) is 0 Å². The first kappa shape index (κ1) is 14.6. The highest BCUT2D eigenvalue weighted by Gasteiger charge is 2.11. The standard InChI is InChI=1S/C18H21O2/c1-3-19-15(2)17-11-7-8-12-18(17)20-14-13-16-9-5-4-6-10-16/h4-12,15H,2-3,13-14H2,1H3/t15-/m0/s1. The molecule has 0 N–H and O–H groups in total. The Bertz CT molecular complexity index is 508. The third kappa shape index (κ3) is 4.10. The maximum atomic E-state index is 5.89. The second-order valence-corrected chi connectivity index (χ2v) is 4.57. The Kier molecular flexibility index (Phi) is 5.63. The molecule has 2 nitrogen and oxygen atoms in total. The Labute approximate surface area is 121 Å². The minimum Gasteiger partial charge on any atom is -0.493 e. The molecule has 105 valence electrons. The van der Waals surface area contributed by atoms with Crippen LogP contribution in [0.2, 0.25) is 0 Å². The van der Waals surface area contributed by atoms with E-state index in [1.54, 1.807) is 0 Å². The van der Waals surface area contributed by atoms with Crippen LogP contribution >= 0.6 is 0 Å². The van der Waals surface area contributed by atoms with Gasteiger partial charge in [-0.2, -0.15) is 0 Å². The van der Waals surface area contributed by atoms with Gasteiger partial charge in [-0.3, -0.25) is 0 Å². The van der Waals surface area contributed by atoms with E-state index in [2.05, 4.69) is 19.1 Å². The number of rotatable bonds is 7. The van der Waals surface area contributed by atoms with E-state index in [-0.39, 0.29) is 6.10 Å². The minimum absolute atomic E-state index is 0.187. The van der Waals surface area contributed by atoms with Gasteiger partial charge in [0, 0.05) is 18.6 Å². The molecule has 0 spiro atoms. The lowest BCUT2D eigenvalue weighted by atomic mass is 10.1. The van der Waals surface area contributed by atoms with Gasteiger partial charge in [-0.05, 0) is 25.5 Å². The summed E-state index contributed by atoms with van der Waals surface area (Å²) in [6.45, 7) is 7.29. The van der Waals surface area contributed by atoms with Crippen molar-refractivity contribution in [2.75, 3.05) is 13.2 Å². The van der Waals surface area contributed by atoms with Crippen LogP contribution in [0.15, 0.2) is 54.6 Å². The van der Waals surface area contributed by atoms with Crippen molar-refractivity contribution < 1.29 is 9.47 Å². The fourth-order valence-electron chi connectivity index (χ4n) is 2.09. The molecule has 0 aliphatic carbocycles. The molecule has 2 aromatic carbocycles. The zero-order valence-corrected chi connectivity index (χ0v) is 11.9. The zero-order chi connectivity index (χ0) is 14.2. The summed E-state index contributed by atoms with van der Waals surface area (Å²) in [6.07, 6.45) is 0.707. The molecule has 0 unspecified atom stereocenters. The molecule has 0 aliphatic rings. The monoisotopic (exact) mass is 269 g/mol. The summed E-state index contributed by atoms with van der Waals surface area (Å²) in [5, 5.41) is 0. The number of hydrogen-bond donors (Lipinski definition) is 0. The lowest BCUT2D eigenvalue weighted by Crippen LogP contribution is -2.06. The average molecular weight is 269 g/mol. The molecule has 1 radical (unpaired) electrons. The van der Waals surface area contributed by atoms with Gasteiger partial charge in [0.2, 0.25) is 0 Å². The molecule has 20 heavy (non-hydrogen) atoms. The second-order valence-electron chi connectivity index (χ2n) is 4.57. The summed E-state index contributed by atoms with van der Waals surface area (Å²) >= 11 is 0.